The lowest BCUT2D eigenvalue weighted by atomic mass is 10.2. The maximum absolute atomic E-state index is 13.8. The van der Waals surface area contributed by atoms with Crippen molar-refractivity contribution in [3.05, 3.63) is 78.9 Å². The highest BCUT2D eigenvalue weighted by atomic mass is 31.2. The molecule has 0 radical (unpaired) electrons. The van der Waals surface area contributed by atoms with Crippen molar-refractivity contribution in [3.63, 3.8) is 0 Å². The molecule has 20 heteroatoms. The van der Waals surface area contributed by atoms with Crippen molar-refractivity contribution in [1.29, 1.82) is 5.26 Å². The SMILES string of the molecule is CCOC(=O)n1c(-c2ccc(OCCCCCCOP(OCCC#N)N(C(C)C)C(C)C)cc2)nc2cc(-c3nc4cc(-c5nc6cc(N7CCN(C)CC7)ccc6n5C(=O)OCC)ccc4n3C(=O)OCC)ccc21. The standard InChI is InChI=1S/C56H69N10O9P/c1-9-70-54(67)63-48-24-19-41(35-45(48)58-51(63)40-17-22-44(23-18-40)73-32-14-12-13-15-33-74-76(75-34-16-27-57)66(38(4)5)39(6)7)52-59-46-36-42(20-25-49(46)64(52)55(68)71-10-2)53-60-47-37-43(62-30-28-61(8)29-31-62)21-26-50(47)65(53)56(69)72-11-3/h17-26,35-39H,9-16,28-34H2,1-8H3. The van der Waals surface area contributed by atoms with E-state index in [9.17, 15) is 14.4 Å². The second kappa shape index (κ2) is 25.7. The van der Waals surface area contributed by atoms with Crippen LogP contribution in [0, 0.1) is 11.3 Å². The maximum Gasteiger partial charge on any atom is 0.420 e. The average molecular weight is 1060 g/mol. The van der Waals surface area contributed by atoms with Crippen LogP contribution in [0.4, 0.5) is 20.1 Å². The molecular weight excluding hydrogens is 988 g/mol. The van der Waals surface area contributed by atoms with Crippen molar-refractivity contribution < 1.29 is 42.4 Å². The van der Waals surface area contributed by atoms with Gasteiger partial charge in [0, 0.05) is 60.6 Å². The summed E-state index contributed by atoms with van der Waals surface area (Å²) in [7, 11) is 0.867. The van der Waals surface area contributed by atoms with E-state index in [-0.39, 0.29) is 37.7 Å². The Morgan fingerprint density at radius 3 is 1.53 bits per heavy atom. The number of nitriles is 1. The van der Waals surface area contributed by atoms with Crippen LogP contribution in [0.25, 0.3) is 67.3 Å². The van der Waals surface area contributed by atoms with Crippen LogP contribution in [-0.4, -0.2) is 141 Å². The zero-order chi connectivity index (χ0) is 53.9. The Labute approximate surface area is 445 Å². The number of rotatable bonds is 22. The van der Waals surface area contributed by atoms with E-state index in [1.54, 1.807) is 57.2 Å². The largest absolute Gasteiger partial charge is 0.494 e. The topological polar surface area (TPSA) is 194 Å². The van der Waals surface area contributed by atoms with Gasteiger partial charge in [0.05, 0.1) is 85.2 Å². The van der Waals surface area contributed by atoms with Gasteiger partial charge in [0.1, 0.15) is 5.75 Å². The molecule has 0 saturated carbocycles. The fraction of sp³-hybridized carbons (Fsp3) is 0.446. The van der Waals surface area contributed by atoms with Gasteiger partial charge in [0.15, 0.2) is 17.5 Å². The van der Waals surface area contributed by atoms with Crippen LogP contribution < -0.4 is 9.64 Å². The molecule has 0 amide bonds. The summed E-state index contributed by atoms with van der Waals surface area (Å²) < 4.78 is 41.6. The summed E-state index contributed by atoms with van der Waals surface area (Å²) in [6.07, 6.45) is 2.25. The smallest absolute Gasteiger partial charge is 0.420 e. The molecule has 0 bridgehead atoms. The van der Waals surface area contributed by atoms with Crippen LogP contribution in [0.5, 0.6) is 5.75 Å². The minimum absolute atomic E-state index is 0.128. The number of anilines is 1. The van der Waals surface area contributed by atoms with Crippen molar-refractivity contribution in [1.82, 2.24) is 38.2 Å². The number of aromatic nitrogens is 6. The first kappa shape index (κ1) is 55.3. The summed E-state index contributed by atoms with van der Waals surface area (Å²) in [5.74, 6) is 1.71. The highest BCUT2D eigenvalue weighted by molar-refractivity contribution is 7.44. The summed E-state index contributed by atoms with van der Waals surface area (Å²) in [4.78, 5) is 60.7. The number of imidazole rings is 3. The number of carbonyl (C=O) groups is 3. The van der Waals surface area contributed by atoms with E-state index in [1.165, 1.54) is 13.7 Å². The van der Waals surface area contributed by atoms with Gasteiger partial charge in [-0.3, -0.25) is 0 Å². The van der Waals surface area contributed by atoms with Gasteiger partial charge >= 0.3 is 18.3 Å². The number of benzene rings is 4. The van der Waals surface area contributed by atoms with Crippen molar-refractivity contribution in [3.8, 4) is 46.0 Å². The molecule has 1 unspecified atom stereocenters. The number of carbonyl (C=O) groups excluding carboxylic acids is 3. The summed E-state index contributed by atoms with van der Waals surface area (Å²) in [5.41, 5.74) is 5.96. The summed E-state index contributed by atoms with van der Waals surface area (Å²) in [6, 6.07) is 26.7. The molecule has 7 aromatic rings. The molecule has 402 valence electrons. The van der Waals surface area contributed by atoms with E-state index >= 15 is 0 Å². The normalized spacial score (nSPS) is 13.6. The molecule has 4 heterocycles. The molecule has 0 aliphatic carbocycles. The van der Waals surface area contributed by atoms with Gasteiger partial charge in [-0.1, -0.05) is 6.42 Å². The molecule has 3 aromatic heterocycles. The highest BCUT2D eigenvalue weighted by Crippen LogP contribution is 2.46. The zero-order valence-corrected chi connectivity index (χ0v) is 45.8. The Morgan fingerprint density at radius 2 is 1.04 bits per heavy atom. The van der Waals surface area contributed by atoms with Crippen LogP contribution in [0.2, 0.25) is 0 Å². The number of fused-ring (bicyclic) bond motifs is 3. The minimum Gasteiger partial charge on any atom is -0.494 e. The molecule has 1 aliphatic heterocycles. The molecule has 0 spiro atoms. The second-order valence-electron chi connectivity index (χ2n) is 18.9. The fourth-order valence-electron chi connectivity index (χ4n) is 9.37. The van der Waals surface area contributed by atoms with Gasteiger partial charge in [0.25, 0.3) is 8.53 Å². The number of hydrogen-bond acceptors (Lipinski definition) is 16. The molecule has 1 saturated heterocycles. The van der Waals surface area contributed by atoms with Gasteiger partial charge in [-0.05, 0) is 154 Å². The molecule has 19 nitrogen and oxygen atoms in total. The molecular formula is C56H69N10O9P. The predicted octanol–water partition coefficient (Wildman–Crippen LogP) is 11.7. The van der Waals surface area contributed by atoms with Crippen molar-refractivity contribution in [2.75, 3.05) is 77.8 Å². The monoisotopic (exact) mass is 1060 g/mol. The van der Waals surface area contributed by atoms with E-state index in [1.807, 2.05) is 42.5 Å². The number of unbranched alkanes of at least 4 members (excludes halogenated alkanes) is 3. The van der Waals surface area contributed by atoms with Crippen LogP contribution in [-0.2, 0) is 23.3 Å². The van der Waals surface area contributed by atoms with E-state index in [4.69, 9.17) is 48.2 Å². The van der Waals surface area contributed by atoms with E-state index < -0.39 is 26.8 Å². The Balaban J connectivity index is 1.01. The van der Waals surface area contributed by atoms with Crippen molar-refractivity contribution in [2.45, 2.75) is 92.7 Å². The minimum atomic E-state index is -1.25. The lowest BCUT2D eigenvalue weighted by Gasteiger charge is -2.35. The Bertz CT molecular complexity index is 3160. The third-order valence-electron chi connectivity index (χ3n) is 13.0. The van der Waals surface area contributed by atoms with Gasteiger partial charge < -0.3 is 37.8 Å². The molecule has 8 rings (SSSR count). The van der Waals surface area contributed by atoms with Crippen LogP contribution in [0.15, 0.2) is 78.9 Å². The third kappa shape index (κ3) is 12.5. The first-order valence-corrected chi connectivity index (χ1v) is 27.5. The van der Waals surface area contributed by atoms with Crippen LogP contribution in [0.1, 0.15) is 80.6 Å². The Morgan fingerprint density at radius 1 is 0.592 bits per heavy atom. The molecule has 1 fully saturated rings. The summed E-state index contributed by atoms with van der Waals surface area (Å²) in [6.45, 7) is 19.3. The lowest BCUT2D eigenvalue weighted by Crippen LogP contribution is -2.44. The van der Waals surface area contributed by atoms with Gasteiger partial charge in [-0.15, -0.1) is 0 Å². The Hall–Kier alpha value is -6.94. The molecule has 1 atom stereocenters. The molecule has 1 aliphatic rings. The van der Waals surface area contributed by atoms with Crippen LogP contribution >= 0.6 is 8.53 Å². The van der Waals surface area contributed by atoms with Crippen molar-refractivity contribution in [2.24, 2.45) is 0 Å². The third-order valence-corrected chi connectivity index (χ3v) is 15.1. The maximum atomic E-state index is 13.8. The first-order chi connectivity index (χ1) is 36.8. The van der Waals surface area contributed by atoms with Gasteiger partial charge in [-0.2, -0.15) is 5.26 Å². The number of piperazine rings is 1. The molecule has 0 N–H and O–H groups in total. The number of likely N-dealkylation sites (N-methyl/N-ethyl adjacent to an activating group) is 1. The van der Waals surface area contributed by atoms with E-state index in [0.717, 1.165) is 57.5 Å². The Kier molecular flexibility index (Phi) is 18.7. The van der Waals surface area contributed by atoms with Gasteiger partial charge in [-0.25, -0.2) is 47.7 Å². The van der Waals surface area contributed by atoms with Gasteiger partial charge in [0.2, 0.25) is 0 Å². The number of nitrogens with zero attached hydrogens (tertiary/aromatic N) is 10. The van der Waals surface area contributed by atoms with Crippen molar-refractivity contribution >= 4 is 65.6 Å². The summed E-state index contributed by atoms with van der Waals surface area (Å²) in [5, 5.41) is 9.00. The molecule has 76 heavy (non-hydrogen) atoms. The highest BCUT2D eigenvalue weighted by Gasteiger charge is 2.29. The molecule has 4 aromatic carbocycles. The fourth-order valence-corrected chi connectivity index (χ4v) is 11.0. The average Bonchev–Trinajstić information content (AvgIpc) is 4.18. The van der Waals surface area contributed by atoms with E-state index in [2.05, 4.69) is 55.3 Å². The van der Waals surface area contributed by atoms with Crippen LogP contribution in [0.3, 0.4) is 0 Å². The predicted molar refractivity (Wildman–Crippen MR) is 295 cm³/mol. The van der Waals surface area contributed by atoms with E-state index in [0.29, 0.717) is 93.4 Å². The quantitative estimate of drug-likeness (QED) is 0.0353. The first-order valence-electron chi connectivity index (χ1n) is 26.3. The summed E-state index contributed by atoms with van der Waals surface area (Å²) >= 11 is 0. The lowest BCUT2D eigenvalue weighted by molar-refractivity contribution is 0.154. The number of ether oxygens (including phenoxy) is 4. The second-order valence-corrected chi connectivity index (χ2v) is 20.4. The number of hydrogen-bond donors (Lipinski definition) is 0. The zero-order valence-electron chi connectivity index (χ0n) is 44.9.